The normalized spacial score (nSPS) is 26.1. The van der Waals surface area contributed by atoms with Crippen LogP contribution in [0.2, 0.25) is 0 Å². The van der Waals surface area contributed by atoms with Crippen LogP contribution >= 0.6 is 0 Å². The molecular weight excluding hydrogens is 330 g/mol. The zero-order chi connectivity index (χ0) is 17.8. The van der Waals surface area contributed by atoms with Crippen molar-refractivity contribution >= 4 is 11.7 Å². The molecule has 0 radical (unpaired) electrons. The highest BCUT2D eigenvalue weighted by Gasteiger charge is 2.34. The summed E-state index contributed by atoms with van der Waals surface area (Å²) >= 11 is 0. The molecule has 142 valence electrons. The predicted octanol–water partition coefficient (Wildman–Crippen LogP) is 1.02. The van der Waals surface area contributed by atoms with E-state index in [0.29, 0.717) is 25.2 Å². The summed E-state index contributed by atoms with van der Waals surface area (Å²) in [6, 6.07) is 0.586. The van der Waals surface area contributed by atoms with Gasteiger partial charge in [-0.3, -0.25) is 14.7 Å². The lowest BCUT2D eigenvalue weighted by atomic mass is 9.92. The molecule has 1 atom stereocenters. The number of likely N-dealkylation sites (tertiary alicyclic amines) is 1. The molecular formula is C19H29N5O2. The number of carbonyl (C=O) groups is 1. The van der Waals surface area contributed by atoms with Crippen LogP contribution in [0.15, 0.2) is 18.6 Å². The van der Waals surface area contributed by atoms with E-state index in [9.17, 15) is 4.79 Å². The van der Waals surface area contributed by atoms with Gasteiger partial charge in [0.2, 0.25) is 5.91 Å². The van der Waals surface area contributed by atoms with Crippen molar-refractivity contribution in [1.29, 1.82) is 0 Å². The first kappa shape index (κ1) is 17.7. The number of carbonyl (C=O) groups excluding carboxylic acids is 1. The topological polar surface area (TPSA) is 61.8 Å². The van der Waals surface area contributed by atoms with Crippen LogP contribution in [0.1, 0.15) is 25.7 Å². The Morgan fingerprint density at radius 3 is 2.58 bits per heavy atom. The van der Waals surface area contributed by atoms with E-state index in [0.717, 1.165) is 70.8 Å². The van der Waals surface area contributed by atoms with Crippen molar-refractivity contribution in [3.8, 4) is 0 Å². The van der Waals surface area contributed by atoms with E-state index in [4.69, 9.17) is 4.74 Å². The summed E-state index contributed by atoms with van der Waals surface area (Å²) < 4.78 is 5.38. The lowest BCUT2D eigenvalue weighted by Gasteiger charge is -2.43. The number of ether oxygens (including phenoxy) is 1. The van der Waals surface area contributed by atoms with Crippen LogP contribution in [0.25, 0.3) is 0 Å². The number of nitrogens with zero attached hydrogens (tertiary/aromatic N) is 5. The third-order valence-corrected chi connectivity index (χ3v) is 5.98. The second kappa shape index (κ2) is 8.31. The fraction of sp³-hybridized carbons (Fsp3) is 0.737. The highest BCUT2D eigenvalue weighted by atomic mass is 16.5. The minimum absolute atomic E-state index is 0.167. The monoisotopic (exact) mass is 359 g/mol. The Morgan fingerprint density at radius 1 is 1.04 bits per heavy atom. The van der Waals surface area contributed by atoms with E-state index in [1.54, 1.807) is 12.4 Å². The quantitative estimate of drug-likeness (QED) is 0.803. The summed E-state index contributed by atoms with van der Waals surface area (Å²) in [4.78, 5) is 28.3. The van der Waals surface area contributed by atoms with Crippen LogP contribution in [0.5, 0.6) is 0 Å². The lowest BCUT2D eigenvalue weighted by Crippen LogP contribution is -2.52. The first-order valence-electron chi connectivity index (χ1n) is 9.93. The highest BCUT2D eigenvalue weighted by Crippen LogP contribution is 2.26. The lowest BCUT2D eigenvalue weighted by molar-refractivity contribution is -0.141. The fourth-order valence-corrected chi connectivity index (χ4v) is 4.50. The van der Waals surface area contributed by atoms with E-state index < -0.39 is 0 Å². The summed E-state index contributed by atoms with van der Waals surface area (Å²) in [7, 11) is 0. The smallest absolute Gasteiger partial charge is 0.227 e. The van der Waals surface area contributed by atoms with Crippen LogP contribution in [0, 0.1) is 5.92 Å². The SMILES string of the molecule is O=C([C@@H]1CCCN(C2CCN(c3cnccn3)CC2)C1)N1CCOCC1. The minimum atomic E-state index is 0.167. The first-order valence-corrected chi connectivity index (χ1v) is 9.93. The molecule has 1 amide bonds. The minimum Gasteiger partial charge on any atom is -0.378 e. The third-order valence-electron chi connectivity index (χ3n) is 5.98. The van der Waals surface area contributed by atoms with Crippen molar-refractivity contribution in [1.82, 2.24) is 19.8 Å². The van der Waals surface area contributed by atoms with Crippen molar-refractivity contribution in [2.75, 3.05) is 57.4 Å². The van der Waals surface area contributed by atoms with Gasteiger partial charge in [-0.05, 0) is 32.2 Å². The Hall–Kier alpha value is -1.73. The maximum Gasteiger partial charge on any atom is 0.227 e. The van der Waals surface area contributed by atoms with E-state index in [1.165, 1.54) is 0 Å². The molecule has 0 N–H and O–H groups in total. The van der Waals surface area contributed by atoms with E-state index in [-0.39, 0.29) is 5.92 Å². The van der Waals surface area contributed by atoms with Gasteiger partial charge in [-0.1, -0.05) is 0 Å². The van der Waals surface area contributed by atoms with Crippen molar-refractivity contribution in [2.45, 2.75) is 31.7 Å². The summed E-state index contributed by atoms with van der Waals surface area (Å²) in [5.74, 6) is 1.49. The Bertz CT molecular complexity index is 585. The van der Waals surface area contributed by atoms with Gasteiger partial charge in [-0.25, -0.2) is 4.98 Å². The summed E-state index contributed by atoms with van der Waals surface area (Å²) in [5.41, 5.74) is 0. The maximum absolute atomic E-state index is 12.8. The maximum atomic E-state index is 12.8. The van der Waals surface area contributed by atoms with Gasteiger partial charge >= 0.3 is 0 Å². The molecule has 7 nitrogen and oxygen atoms in total. The molecule has 0 unspecified atom stereocenters. The number of rotatable bonds is 3. The highest BCUT2D eigenvalue weighted by molar-refractivity contribution is 5.79. The van der Waals surface area contributed by atoms with Crippen LogP contribution in [0.3, 0.4) is 0 Å². The number of hydrogen-bond donors (Lipinski definition) is 0. The molecule has 0 saturated carbocycles. The molecule has 3 aliphatic heterocycles. The Labute approximate surface area is 155 Å². The van der Waals surface area contributed by atoms with Crippen LogP contribution < -0.4 is 4.90 Å². The number of aromatic nitrogens is 2. The van der Waals surface area contributed by atoms with Crippen molar-refractivity contribution in [3.05, 3.63) is 18.6 Å². The molecule has 0 aromatic carbocycles. The molecule has 7 heteroatoms. The number of anilines is 1. The van der Waals surface area contributed by atoms with Gasteiger partial charge in [0.25, 0.3) is 0 Å². The van der Waals surface area contributed by atoms with Crippen LogP contribution in [-0.4, -0.2) is 84.2 Å². The summed E-state index contributed by atoms with van der Waals surface area (Å²) in [5, 5.41) is 0. The number of piperidine rings is 2. The molecule has 3 aliphatic rings. The Kier molecular flexibility index (Phi) is 5.65. The molecule has 0 spiro atoms. The van der Waals surface area contributed by atoms with Gasteiger partial charge in [0.1, 0.15) is 5.82 Å². The van der Waals surface area contributed by atoms with Crippen molar-refractivity contribution < 1.29 is 9.53 Å². The summed E-state index contributed by atoms with van der Waals surface area (Å²) in [6.45, 7) is 6.96. The average Bonchev–Trinajstić information content (AvgIpc) is 2.75. The average molecular weight is 359 g/mol. The van der Waals surface area contributed by atoms with Gasteiger partial charge in [0, 0.05) is 51.2 Å². The largest absolute Gasteiger partial charge is 0.378 e. The molecule has 0 aliphatic carbocycles. The second-order valence-electron chi connectivity index (χ2n) is 7.55. The van der Waals surface area contributed by atoms with Gasteiger partial charge in [0.05, 0.1) is 25.3 Å². The Morgan fingerprint density at radius 2 is 1.85 bits per heavy atom. The van der Waals surface area contributed by atoms with Crippen LogP contribution in [0.4, 0.5) is 5.82 Å². The molecule has 1 aromatic heterocycles. The van der Waals surface area contributed by atoms with Crippen molar-refractivity contribution in [3.63, 3.8) is 0 Å². The van der Waals surface area contributed by atoms with E-state index in [2.05, 4.69) is 19.8 Å². The predicted molar refractivity (Wildman–Crippen MR) is 99.0 cm³/mol. The Balaban J connectivity index is 1.30. The molecule has 3 fully saturated rings. The van der Waals surface area contributed by atoms with Crippen molar-refractivity contribution in [2.24, 2.45) is 5.92 Å². The van der Waals surface area contributed by atoms with Gasteiger partial charge in [-0.15, -0.1) is 0 Å². The van der Waals surface area contributed by atoms with Gasteiger partial charge in [-0.2, -0.15) is 0 Å². The molecule has 0 bridgehead atoms. The van der Waals surface area contributed by atoms with Gasteiger partial charge in [0.15, 0.2) is 0 Å². The second-order valence-corrected chi connectivity index (χ2v) is 7.55. The third kappa shape index (κ3) is 3.99. The fourth-order valence-electron chi connectivity index (χ4n) is 4.50. The zero-order valence-electron chi connectivity index (χ0n) is 15.4. The summed E-state index contributed by atoms with van der Waals surface area (Å²) in [6.07, 6.45) is 9.75. The first-order chi connectivity index (χ1) is 12.8. The standard InChI is InChI=1S/C19H29N5O2/c25-19(23-10-12-26-13-11-23)16-2-1-7-24(15-16)17-3-8-22(9-4-17)18-14-20-5-6-21-18/h5-6,14,16-17H,1-4,7-13,15H2/t16-/m1/s1. The van der Waals surface area contributed by atoms with Crippen LogP contribution in [-0.2, 0) is 9.53 Å². The van der Waals surface area contributed by atoms with Gasteiger partial charge < -0.3 is 14.5 Å². The molecule has 4 rings (SSSR count). The molecule has 4 heterocycles. The molecule has 26 heavy (non-hydrogen) atoms. The number of amides is 1. The van der Waals surface area contributed by atoms with E-state index in [1.807, 2.05) is 11.1 Å². The number of morpholine rings is 1. The molecule has 3 saturated heterocycles. The number of hydrogen-bond acceptors (Lipinski definition) is 6. The zero-order valence-corrected chi connectivity index (χ0v) is 15.4. The van der Waals surface area contributed by atoms with E-state index >= 15 is 0 Å². The molecule has 1 aromatic rings.